The smallest absolute Gasteiger partial charge is 0.426 e. The number of rotatable bonds is 3. The van der Waals surface area contributed by atoms with Crippen molar-refractivity contribution in [3.63, 3.8) is 0 Å². The molecule has 5 nitrogen and oxygen atoms in total. The van der Waals surface area contributed by atoms with Gasteiger partial charge in [0.2, 0.25) is 5.91 Å². The normalized spacial score (nSPS) is 9.53. The van der Waals surface area contributed by atoms with Gasteiger partial charge in [-0.2, -0.15) is 0 Å². The van der Waals surface area contributed by atoms with Gasteiger partial charge in [-0.15, -0.1) is 0 Å². The molecule has 0 radical (unpaired) electrons. The van der Waals surface area contributed by atoms with E-state index in [0.717, 1.165) is 0 Å². The molecule has 92 valence electrons. The lowest BCUT2D eigenvalue weighted by atomic mass is 10.1. The Bertz CT molecular complexity index is 392. The predicted octanol–water partition coefficient (Wildman–Crippen LogP) is 1.15. The molecule has 0 unspecified atom stereocenters. The average molecular weight is 240 g/mol. The second-order valence-corrected chi connectivity index (χ2v) is 3.20. The lowest BCUT2D eigenvalue weighted by Crippen LogP contribution is -2.42. The molecule has 17 heavy (non-hydrogen) atoms. The fourth-order valence-electron chi connectivity index (χ4n) is 1.12. The van der Waals surface area contributed by atoms with Crippen molar-refractivity contribution in [3.8, 4) is 0 Å². The van der Waals surface area contributed by atoms with Crippen molar-refractivity contribution in [2.24, 2.45) is 0 Å². The molecule has 0 aromatic heterocycles. The topological polar surface area (TPSA) is 67.4 Å². The molecule has 0 fully saturated rings. The molecule has 0 aliphatic carbocycles. The molecule has 6 heteroatoms. The molecule has 0 aliphatic rings. The van der Waals surface area contributed by atoms with Crippen LogP contribution in [0.15, 0.2) is 24.3 Å². The molecule has 1 aromatic carbocycles. The van der Waals surface area contributed by atoms with E-state index in [-0.39, 0.29) is 18.8 Å². The highest BCUT2D eigenvalue weighted by Gasteiger charge is 2.05. The lowest BCUT2D eigenvalue weighted by Gasteiger charge is -2.06. The van der Waals surface area contributed by atoms with Crippen molar-refractivity contribution in [1.29, 1.82) is 0 Å². The molecule has 0 aliphatic heterocycles. The van der Waals surface area contributed by atoms with Gasteiger partial charge in [0.25, 0.3) is 0 Å². The van der Waals surface area contributed by atoms with Crippen LogP contribution < -0.4 is 10.9 Å². The predicted molar refractivity (Wildman–Crippen MR) is 58.4 cm³/mol. The van der Waals surface area contributed by atoms with Gasteiger partial charge in [-0.3, -0.25) is 10.2 Å². The van der Waals surface area contributed by atoms with Crippen LogP contribution in [0.3, 0.4) is 0 Å². The van der Waals surface area contributed by atoms with Crippen LogP contribution >= 0.6 is 0 Å². The Kier molecular flexibility index (Phi) is 4.93. The SMILES string of the molecule is CCOC(=O)NNC(=O)Cc1ccc(F)cc1. The van der Waals surface area contributed by atoms with Gasteiger partial charge in [0, 0.05) is 0 Å². The number of carbonyl (C=O) groups excluding carboxylic acids is 2. The number of halogens is 1. The zero-order valence-electron chi connectivity index (χ0n) is 9.33. The summed E-state index contributed by atoms with van der Waals surface area (Å²) in [6.07, 6.45) is -0.674. The number of benzene rings is 1. The summed E-state index contributed by atoms with van der Waals surface area (Å²) in [6.45, 7) is 1.87. The van der Waals surface area contributed by atoms with Crippen LogP contribution in [0, 0.1) is 5.82 Å². The molecule has 0 saturated carbocycles. The number of hydrogen-bond acceptors (Lipinski definition) is 3. The Morgan fingerprint density at radius 2 is 1.88 bits per heavy atom. The minimum Gasteiger partial charge on any atom is -0.449 e. The third-order valence-electron chi connectivity index (χ3n) is 1.86. The number of hydrazine groups is 1. The zero-order valence-corrected chi connectivity index (χ0v) is 9.33. The first-order valence-corrected chi connectivity index (χ1v) is 5.08. The maximum atomic E-state index is 12.6. The third kappa shape index (κ3) is 4.96. The Balaban J connectivity index is 2.34. The van der Waals surface area contributed by atoms with Crippen LogP contribution in [0.5, 0.6) is 0 Å². The van der Waals surface area contributed by atoms with E-state index >= 15 is 0 Å². The summed E-state index contributed by atoms with van der Waals surface area (Å²) >= 11 is 0. The zero-order chi connectivity index (χ0) is 12.7. The first-order valence-electron chi connectivity index (χ1n) is 5.08. The summed E-state index contributed by atoms with van der Waals surface area (Å²) in [6, 6.07) is 5.53. The molecule has 1 rings (SSSR count). The van der Waals surface area contributed by atoms with Gasteiger partial charge in [0.1, 0.15) is 5.82 Å². The Hall–Kier alpha value is -2.11. The fraction of sp³-hybridized carbons (Fsp3) is 0.273. The van der Waals surface area contributed by atoms with E-state index in [0.29, 0.717) is 5.56 Å². The molecule has 0 bridgehead atoms. The second-order valence-electron chi connectivity index (χ2n) is 3.20. The average Bonchev–Trinajstić information content (AvgIpc) is 2.30. The number of amides is 2. The molecular formula is C11H13FN2O3. The van der Waals surface area contributed by atoms with Crippen LogP contribution in [0.25, 0.3) is 0 Å². The van der Waals surface area contributed by atoms with Gasteiger partial charge in [-0.1, -0.05) is 12.1 Å². The van der Waals surface area contributed by atoms with E-state index in [1.807, 2.05) is 0 Å². The Morgan fingerprint density at radius 1 is 1.24 bits per heavy atom. The molecule has 0 heterocycles. The van der Waals surface area contributed by atoms with Crippen molar-refractivity contribution in [2.75, 3.05) is 6.61 Å². The van der Waals surface area contributed by atoms with Crippen LogP contribution in [-0.4, -0.2) is 18.6 Å². The summed E-state index contributed by atoms with van der Waals surface area (Å²) in [5.74, 6) is -0.775. The van der Waals surface area contributed by atoms with E-state index in [4.69, 9.17) is 0 Å². The van der Waals surface area contributed by atoms with Crippen LogP contribution in [0.1, 0.15) is 12.5 Å². The highest BCUT2D eigenvalue weighted by molar-refractivity contribution is 5.80. The number of ether oxygens (including phenoxy) is 1. The van der Waals surface area contributed by atoms with Crippen LogP contribution in [-0.2, 0) is 16.0 Å². The van der Waals surface area contributed by atoms with Crippen molar-refractivity contribution in [3.05, 3.63) is 35.6 Å². The van der Waals surface area contributed by atoms with Gasteiger partial charge in [0.15, 0.2) is 0 Å². The first kappa shape index (κ1) is 13.0. The monoisotopic (exact) mass is 240 g/mol. The highest BCUT2D eigenvalue weighted by Crippen LogP contribution is 2.02. The molecule has 0 atom stereocenters. The third-order valence-corrected chi connectivity index (χ3v) is 1.86. The molecule has 2 amide bonds. The van der Waals surface area contributed by atoms with Gasteiger partial charge >= 0.3 is 6.09 Å². The number of hydrogen-bond donors (Lipinski definition) is 2. The largest absolute Gasteiger partial charge is 0.449 e. The first-order chi connectivity index (χ1) is 8.11. The Labute approximate surface area is 97.9 Å². The number of carbonyl (C=O) groups is 2. The second kappa shape index (κ2) is 6.47. The number of nitrogens with one attached hydrogen (secondary N) is 2. The summed E-state index contributed by atoms with van der Waals surface area (Å²) in [5, 5.41) is 0. The maximum Gasteiger partial charge on any atom is 0.426 e. The van der Waals surface area contributed by atoms with Crippen molar-refractivity contribution >= 4 is 12.0 Å². The van der Waals surface area contributed by atoms with Crippen molar-refractivity contribution in [1.82, 2.24) is 10.9 Å². The highest BCUT2D eigenvalue weighted by atomic mass is 19.1. The van der Waals surface area contributed by atoms with E-state index in [1.54, 1.807) is 6.92 Å². The summed E-state index contributed by atoms with van der Waals surface area (Å²) in [5.41, 5.74) is 4.90. The summed E-state index contributed by atoms with van der Waals surface area (Å²) in [4.78, 5) is 22.2. The van der Waals surface area contributed by atoms with E-state index < -0.39 is 12.0 Å². The molecule has 1 aromatic rings. The maximum absolute atomic E-state index is 12.6. The molecule has 0 spiro atoms. The molecule has 2 N–H and O–H groups in total. The summed E-state index contributed by atoms with van der Waals surface area (Å²) in [7, 11) is 0. The molecule has 0 saturated heterocycles. The van der Waals surface area contributed by atoms with E-state index in [2.05, 4.69) is 15.6 Å². The summed E-state index contributed by atoms with van der Waals surface area (Å²) < 4.78 is 17.1. The van der Waals surface area contributed by atoms with E-state index in [9.17, 15) is 14.0 Å². The van der Waals surface area contributed by atoms with Gasteiger partial charge in [0.05, 0.1) is 13.0 Å². The molecular weight excluding hydrogens is 227 g/mol. The van der Waals surface area contributed by atoms with Gasteiger partial charge in [-0.25, -0.2) is 14.6 Å². The van der Waals surface area contributed by atoms with Gasteiger partial charge in [-0.05, 0) is 24.6 Å². The van der Waals surface area contributed by atoms with Crippen molar-refractivity contribution in [2.45, 2.75) is 13.3 Å². The minimum atomic E-state index is -0.722. The van der Waals surface area contributed by atoms with Crippen LogP contribution in [0.4, 0.5) is 9.18 Å². The van der Waals surface area contributed by atoms with Crippen molar-refractivity contribution < 1.29 is 18.7 Å². The van der Waals surface area contributed by atoms with Gasteiger partial charge < -0.3 is 4.74 Å². The standard InChI is InChI=1S/C11H13FN2O3/c1-2-17-11(16)14-13-10(15)7-8-3-5-9(12)6-4-8/h3-6H,2,7H2,1H3,(H,13,15)(H,14,16). The quantitative estimate of drug-likeness (QED) is 0.779. The van der Waals surface area contributed by atoms with E-state index in [1.165, 1.54) is 24.3 Å². The van der Waals surface area contributed by atoms with Crippen LogP contribution in [0.2, 0.25) is 0 Å². The fourth-order valence-corrected chi connectivity index (χ4v) is 1.12. The Morgan fingerprint density at radius 3 is 2.47 bits per heavy atom. The minimum absolute atomic E-state index is 0.0483. The lowest BCUT2D eigenvalue weighted by molar-refractivity contribution is -0.121.